The zero-order valence-corrected chi connectivity index (χ0v) is 14.3. The van der Waals surface area contributed by atoms with E-state index in [-0.39, 0.29) is 30.0 Å². The number of nitrogens with one attached hydrogen (secondary N) is 1. The summed E-state index contributed by atoms with van der Waals surface area (Å²) < 4.78 is 4.72. The molecule has 0 saturated heterocycles. The molecule has 1 aliphatic rings. The fourth-order valence-corrected chi connectivity index (χ4v) is 3.05. The van der Waals surface area contributed by atoms with Crippen molar-refractivity contribution in [2.45, 2.75) is 25.8 Å². The van der Waals surface area contributed by atoms with Crippen molar-refractivity contribution in [2.75, 3.05) is 6.61 Å². The maximum Gasteiger partial charge on any atom is 0.407 e. The summed E-state index contributed by atoms with van der Waals surface area (Å²) in [5.74, 6) is -3.15. The predicted molar refractivity (Wildman–Crippen MR) is 87.5 cm³/mol. The third kappa shape index (κ3) is 4.13. The molecule has 0 bridgehead atoms. The van der Waals surface area contributed by atoms with Gasteiger partial charge in [-0.05, 0) is 25.1 Å². The van der Waals surface area contributed by atoms with E-state index >= 15 is 0 Å². The molecule has 0 atom stereocenters. The minimum Gasteiger partial charge on any atom is -0.450 e. The summed E-state index contributed by atoms with van der Waals surface area (Å²) in [6, 6.07) is 3.55. The second kappa shape index (κ2) is 7.77. The molecular weight excluding hydrogens is 357 g/mol. The van der Waals surface area contributed by atoms with Gasteiger partial charge in [0.25, 0.3) is 0 Å². The van der Waals surface area contributed by atoms with Crippen LogP contribution in [-0.2, 0) is 14.3 Å². The average molecular weight is 372 g/mol. The topological polar surface area (TPSA) is 89.5 Å². The van der Waals surface area contributed by atoms with E-state index in [0.717, 1.165) is 0 Å². The highest BCUT2D eigenvalue weighted by atomic mass is 35.5. The Kier molecular flexibility index (Phi) is 5.96. The smallest absolute Gasteiger partial charge is 0.407 e. The van der Waals surface area contributed by atoms with Crippen molar-refractivity contribution in [1.82, 2.24) is 5.32 Å². The molecule has 24 heavy (non-hydrogen) atoms. The van der Waals surface area contributed by atoms with Gasteiger partial charge in [0.2, 0.25) is 0 Å². The van der Waals surface area contributed by atoms with Crippen LogP contribution in [0.15, 0.2) is 18.2 Å². The number of Topliss-reactive ketones (excluding diaryl/α,β-unsaturated/α-hetero) is 3. The third-order valence-corrected chi connectivity index (χ3v) is 4.14. The first kappa shape index (κ1) is 18.4. The normalized spacial score (nSPS) is 20.6. The summed E-state index contributed by atoms with van der Waals surface area (Å²) >= 11 is 11.7. The van der Waals surface area contributed by atoms with Crippen molar-refractivity contribution in [2.24, 2.45) is 5.92 Å². The molecule has 1 aromatic rings. The van der Waals surface area contributed by atoms with Gasteiger partial charge in [-0.1, -0.05) is 23.2 Å². The van der Waals surface area contributed by atoms with Crippen LogP contribution >= 0.6 is 23.2 Å². The van der Waals surface area contributed by atoms with E-state index in [9.17, 15) is 19.2 Å². The quantitative estimate of drug-likeness (QED) is 0.649. The number of ketones is 3. The van der Waals surface area contributed by atoms with Crippen molar-refractivity contribution in [1.29, 1.82) is 0 Å². The van der Waals surface area contributed by atoms with Gasteiger partial charge >= 0.3 is 6.09 Å². The molecule has 8 heteroatoms. The van der Waals surface area contributed by atoms with Crippen LogP contribution < -0.4 is 5.32 Å². The standard InChI is InChI=1S/C16H15Cl2NO5/c1-2-24-16(23)19-9-6-12(20)14(13(21)7-9)15(22)10-4-3-8(17)5-11(10)18/h3-5,9,14H,2,6-7H2,1H3,(H,19,23). The van der Waals surface area contributed by atoms with Gasteiger partial charge in [-0.15, -0.1) is 0 Å². The number of carbonyl (C=O) groups is 4. The van der Waals surface area contributed by atoms with E-state index in [0.29, 0.717) is 5.02 Å². The highest BCUT2D eigenvalue weighted by molar-refractivity contribution is 6.38. The molecule has 1 N–H and O–H groups in total. The average Bonchev–Trinajstić information content (AvgIpc) is 2.46. The summed E-state index contributed by atoms with van der Waals surface area (Å²) in [5.41, 5.74) is 0.0737. The minimum atomic E-state index is -1.40. The van der Waals surface area contributed by atoms with Crippen molar-refractivity contribution >= 4 is 46.6 Å². The van der Waals surface area contributed by atoms with Gasteiger partial charge in [0.1, 0.15) is 5.92 Å². The number of rotatable bonds is 4. The van der Waals surface area contributed by atoms with Crippen LogP contribution in [0.2, 0.25) is 10.0 Å². The molecular formula is C16H15Cl2NO5. The Bertz CT molecular complexity index is 686. The molecule has 1 aliphatic carbocycles. The Hall–Kier alpha value is -1.92. The molecule has 1 amide bonds. The lowest BCUT2D eigenvalue weighted by Gasteiger charge is -2.26. The Labute approximate surface area is 148 Å². The lowest BCUT2D eigenvalue weighted by atomic mass is 9.79. The van der Waals surface area contributed by atoms with Gasteiger partial charge in [0, 0.05) is 29.5 Å². The number of carbonyl (C=O) groups excluding carboxylic acids is 4. The zero-order chi connectivity index (χ0) is 17.9. The summed E-state index contributed by atoms with van der Waals surface area (Å²) in [6.07, 6.45) is -0.938. The van der Waals surface area contributed by atoms with Crippen LogP contribution in [0, 0.1) is 5.92 Å². The fourth-order valence-electron chi connectivity index (χ4n) is 2.55. The molecule has 1 fully saturated rings. The van der Waals surface area contributed by atoms with E-state index < -0.39 is 35.4 Å². The molecule has 2 rings (SSSR count). The maximum atomic E-state index is 12.5. The number of hydrogen-bond donors (Lipinski definition) is 1. The molecule has 1 aromatic carbocycles. The lowest BCUT2D eigenvalue weighted by Crippen LogP contribution is -2.47. The van der Waals surface area contributed by atoms with Crippen molar-refractivity contribution < 1.29 is 23.9 Å². The van der Waals surface area contributed by atoms with Gasteiger partial charge in [0.15, 0.2) is 17.3 Å². The Balaban J connectivity index is 2.13. The highest BCUT2D eigenvalue weighted by Crippen LogP contribution is 2.27. The highest BCUT2D eigenvalue weighted by Gasteiger charge is 2.41. The second-order valence-corrected chi connectivity index (χ2v) is 6.17. The summed E-state index contributed by atoms with van der Waals surface area (Å²) in [6.45, 7) is 1.82. The number of halogens is 2. The second-order valence-electron chi connectivity index (χ2n) is 5.32. The summed E-state index contributed by atoms with van der Waals surface area (Å²) in [4.78, 5) is 48.4. The lowest BCUT2D eigenvalue weighted by molar-refractivity contribution is -0.134. The first-order valence-electron chi connectivity index (χ1n) is 7.31. The van der Waals surface area contributed by atoms with E-state index in [1.807, 2.05) is 0 Å². The predicted octanol–water partition coefficient (Wildman–Crippen LogP) is 2.84. The molecule has 0 heterocycles. The zero-order valence-electron chi connectivity index (χ0n) is 12.8. The van der Waals surface area contributed by atoms with Gasteiger partial charge in [-0.3, -0.25) is 14.4 Å². The number of amides is 1. The van der Waals surface area contributed by atoms with Crippen LogP contribution in [0.1, 0.15) is 30.1 Å². The van der Waals surface area contributed by atoms with Crippen LogP contribution in [0.25, 0.3) is 0 Å². The van der Waals surface area contributed by atoms with Crippen molar-refractivity contribution in [3.63, 3.8) is 0 Å². The number of hydrogen-bond acceptors (Lipinski definition) is 5. The van der Waals surface area contributed by atoms with E-state index in [1.165, 1.54) is 18.2 Å². The van der Waals surface area contributed by atoms with Gasteiger partial charge in [0.05, 0.1) is 11.6 Å². The molecule has 1 saturated carbocycles. The number of alkyl carbamates (subject to hydrolysis) is 1. The maximum absolute atomic E-state index is 12.5. The van der Waals surface area contributed by atoms with Crippen LogP contribution in [0.4, 0.5) is 4.79 Å². The number of benzene rings is 1. The van der Waals surface area contributed by atoms with Gasteiger partial charge in [-0.25, -0.2) is 4.79 Å². The molecule has 0 unspecified atom stereocenters. The van der Waals surface area contributed by atoms with E-state index in [1.54, 1.807) is 6.92 Å². The summed E-state index contributed by atoms with van der Waals surface area (Å²) in [7, 11) is 0. The molecule has 0 spiro atoms. The first-order chi connectivity index (χ1) is 11.3. The molecule has 0 radical (unpaired) electrons. The van der Waals surface area contributed by atoms with E-state index in [2.05, 4.69) is 5.32 Å². The van der Waals surface area contributed by atoms with Crippen molar-refractivity contribution in [3.8, 4) is 0 Å². The van der Waals surface area contributed by atoms with Gasteiger partial charge < -0.3 is 10.1 Å². The van der Waals surface area contributed by atoms with Crippen LogP contribution in [0.3, 0.4) is 0 Å². The Morgan fingerprint density at radius 3 is 2.38 bits per heavy atom. The Morgan fingerprint density at radius 2 is 1.83 bits per heavy atom. The van der Waals surface area contributed by atoms with E-state index in [4.69, 9.17) is 27.9 Å². The van der Waals surface area contributed by atoms with Crippen LogP contribution in [-0.4, -0.2) is 36.1 Å². The largest absolute Gasteiger partial charge is 0.450 e. The third-order valence-electron chi connectivity index (χ3n) is 3.60. The molecule has 6 nitrogen and oxygen atoms in total. The Morgan fingerprint density at radius 1 is 1.21 bits per heavy atom. The monoisotopic (exact) mass is 371 g/mol. The van der Waals surface area contributed by atoms with Crippen molar-refractivity contribution in [3.05, 3.63) is 33.8 Å². The van der Waals surface area contributed by atoms with Crippen LogP contribution in [0.5, 0.6) is 0 Å². The molecule has 0 aromatic heterocycles. The molecule has 128 valence electrons. The first-order valence-corrected chi connectivity index (χ1v) is 8.07. The minimum absolute atomic E-state index is 0.0737. The SMILES string of the molecule is CCOC(=O)NC1CC(=O)C(C(=O)c2ccc(Cl)cc2Cl)C(=O)C1. The molecule has 0 aliphatic heterocycles. The number of ether oxygens (including phenoxy) is 1. The fraction of sp³-hybridized carbons (Fsp3) is 0.375. The van der Waals surface area contributed by atoms with Gasteiger partial charge in [-0.2, -0.15) is 0 Å². The summed E-state index contributed by atoms with van der Waals surface area (Å²) in [5, 5.41) is 2.87.